The van der Waals surface area contributed by atoms with Gasteiger partial charge in [0, 0.05) is 33.3 Å². The standard InChI is InChI=1S/C37H33N7/c1-4-26(3)38-34-21-22-36(31-10-6-5-9-30(31)34)43-44-37-24-23-35(32-11-7-8-12-33(32)37)42-41-29-19-17-28(18-20-29)40-39-27-15-13-25(2)14-16-27/h5-24,26,38H,4H2,1-3H3/b40-39+,42-41+,44-43+. The van der Waals surface area contributed by atoms with Gasteiger partial charge in [-0.25, -0.2) is 0 Å². The fourth-order valence-electron chi connectivity index (χ4n) is 4.84. The number of azo groups is 3. The Morgan fingerprint density at radius 1 is 0.477 bits per heavy atom. The molecule has 0 saturated carbocycles. The normalized spacial score (nSPS) is 12.6. The lowest BCUT2D eigenvalue weighted by atomic mass is 10.1. The monoisotopic (exact) mass is 575 g/mol. The third-order valence-electron chi connectivity index (χ3n) is 7.50. The molecule has 0 aliphatic carbocycles. The molecule has 0 saturated heterocycles. The van der Waals surface area contributed by atoms with Gasteiger partial charge < -0.3 is 5.32 Å². The largest absolute Gasteiger partial charge is 0.382 e. The van der Waals surface area contributed by atoms with Crippen LogP contribution in [0, 0.1) is 6.92 Å². The lowest BCUT2D eigenvalue weighted by Gasteiger charge is -2.15. The number of hydrogen-bond acceptors (Lipinski definition) is 7. The maximum atomic E-state index is 4.69. The minimum Gasteiger partial charge on any atom is -0.382 e. The van der Waals surface area contributed by atoms with Crippen molar-refractivity contribution < 1.29 is 0 Å². The molecule has 0 aliphatic rings. The molecular formula is C37H33N7. The molecule has 7 heteroatoms. The van der Waals surface area contributed by atoms with E-state index in [1.54, 1.807) is 0 Å². The number of rotatable bonds is 9. The van der Waals surface area contributed by atoms with Crippen LogP contribution in [0.15, 0.2) is 152 Å². The number of benzene rings is 6. The van der Waals surface area contributed by atoms with Crippen LogP contribution < -0.4 is 5.32 Å². The van der Waals surface area contributed by atoms with Crippen molar-refractivity contribution in [3.63, 3.8) is 0 Å². The molecular weight excluding hydrogens is 542 g/mol. The van der Waals surface area contributed by atoms with Crippen molar-refractivity contribution in [2.45, 2.75) is 33.2 Å². The average molecular weight is 576 g/mol. The SMILES string of the molecule is CCC(C)Nc1ccc(/N=N/c2ccc(/N=N/c3ccc(/N=N/c4ccc(C)cc4)cc3)c3ccccc23)c2ccccc12. The smallest absolute Gasteiger partial charge is 0.0936 e. The summed E-state index contributed by atoms with van der Waals surface area (Å²) < 4.78 is 0. The topological polar surface area (TPSA) is 86.2 Å². The predicted octanol–water partition coefficient (Wildman–Crippen LogP) is 12.8. The summed E-state index contributed by atoms with van der Waals surface area (Å²) in [5.74, 6) is 0. The van der Waals surface area contributed by atoms with Crippen LogP contribution in [-0.4, -0.2) is 6.04 Å². The van der Waals surface area contributed by atoms with Crippen molar-refractivity contribution in [2.75, 3.05) is 5.32 Å². The van der Waals surface area contributed by atoms with E-state index in [1.807, 2.05) is 104 Å². The molecule has 0 fully saturated rings. The van der Waals surface area contributed by atoms with Crippen LogP contribution in [0.4, 0.5) is 39.8 Å². The fourth-order valence-corrected chi connectivity index (χ4v) is 4.84. The van der Waals surface area contributed by atoms with E-state index >= 15 is 0 Å². The zero-order valence-electron chi connectivity index (χ0n) is 25.0. The quantitative estimate of drug-likeness (QED) is 0.171. The van der Waals surface area contributed by atoms with E-state index in [0.29, 0.717) is 6.04 Å². The number of aryl methyl sites for hydroxylation is 1. The highest BCUT2D eigenvalue weighted by Gasteiger charge is 2.09. The van der Waals surface area contributed by atoms with E-state index in [-0.39, 0.29) is 0 Å². The molecule has 7 nitrogen and oxygen atoms in total. The van der Waals surface area contributed by atoms with Gasteiger partial charge in [-0.3, -0.25) is 0 Å². The zero-order chi connectivity index (χ0) is 30.3. The second-order valence-electron chi connectivity index (χ2n) is 10.7. The van der Waals surface area contributed by atoms with Gasteiger partial charge in [-0.05, 0) is 80.9 Å². The first-order valence-electron chi connectivity index (χ1n) is 14.8. The van der Waals surface area contributed by atoms with Crippen LogP contribution in [-0.2, 0) is 0 Å². The van der Waals surface area contributed by atoms with Crippen molar-refractivity contribution in [1.29, 1.82) is 0 Å². The predicted molar refractivity (Wildman–Crippen MR) is 181 cm³/mol. The van der Waals surface area contributed by atoms with Gasteiger partial charge in [0.1, 0.15) is 0 Å². The van der Waals surface area contributed by atoms with Gasteiger partial charge in [0.15, 0.2) is 0 Å². The Bertz CT molecular complexity index is 1990. The number of nitrogens with zero attached hydrogens (tertiary/aromatic N) is 6. The van der Waals surface area contributed by atoms with Crippen molar-refractivity contribution in [2.24, 2.45) is 30.7 Å². The second kappa shape index (κ2) is 13.2. The summed E-state index contributed by atoms with van der Waals surface area (Å²) in [6.07, 6.45) is 1.05. The number of fused-ring (bicyclic) bond motifs is 2. The Balaban J connectivity index is 1.23. The highest BCUT2D eigenvalue weighted by molar-refractivity contribution is 6.01. The average Bonchev–Trinajstić information content (AvgIpc) is 3.07. The van der Waals surface area contributed by atoms with Crippen LogP contribution in [0.25, 0.3) is 21.5 Å². The number of anilines is 1. The molecule has 0 bridgehead atoms. The summed E-state index contributed by atoms with van der Waals surface area (Å²) >= 11 is 0. The number of nitrogens with one attached hydrogen (secondary N) is 1. The Kier molecular flexibility index (Phi) is 8.55. The Morgan fingerprint density at radius 2 is 0.864 bits per heavy atom. The maximum Gasteiger partial charge on any atom is 0.0936 e. The highest BCUT2D eigenvalue weighted by Crippen LogP contribution is 2.37. The molecule has 0 spiro atoms. The molecule has 6 aromatic rings. The highest BCUT2D eigenvalue weighted by atomic mass is 15.1. The molecule has 0 heterocycles. The molecule has 216 valence electrons. The Morgan fingerprint density at radius 3 is 1.36 bits per heavy atom. The second-order valence-corrected chi connectivity index (χ2v) is 10.7. The van der Waals surface area contributed by atoms with Gasteiger partial charge in [-0.15, -0.1) is 15.3 Å². The molecule has 0 amide bonds. The van der Waals surface area contributed by atoms with E-state index in [0.717, 1.165) is 67.8 Å². The van der Waals surface area contributed by atoms with Crippen LogP contribution in [0.5, 0.6) is 0 Å². The molecule has 6 aromatic carbocycles. The Hall–Kier alpha value is -5.56. The summed E-state index contributed by atoms with van der Waals surface area (Å²) in [6, 6.07) is 40.2. The van der Waals surface area contributed by atoms with E-state index < -0.39 is 0 Å². The molecule has 0 aliphatic heterocycles. The summed E-state index contributed by atoms with van der Waals surface area (Å²) in [5, 5.41) is 34.8. The van der Waals surface area contributed by atoms with Gasteiger partial charge in [0.25, 0.3) is 0 Å². The zero-order valence-corrected chi connectivity index (χ0v) is 25.0. The van der Waals surface area contributed by atoms with Gasteiger partial charge in [-0.2, -0.15) is 15.3 Å². The first-order chi connectivity index (χ1) is 21.6. The minimum atomic E-state index is 0.383. The minimum absolute atomic E-state index is 0.383. The summed E-state index contributed by atoms with van der Waals surface area (Å²) in [6.45, 7) is 6.41. The van der Waals surface area contributed by atoms with Gasteiger partial charge >= 0.3 is 0 Å². The molecule has 6 rings (SSSR count). The Labute approximate surface area is 257 Å². The molecule has 0 aromatic heterocycles. The molecule has 1 N–H and O–H groups in total. The first-order valence-corrected chi connectivity index (χ1v) is 14.8. The van der Waals surface area contributed by atoms with Crippen LogP contribution >= 0.6 is 0 Å². The summed E-state index contributed by atoms with van der Waals surface area (Å²) in [4.78, 5) is 0. The number of hydrogen-bond donors (Lipinski definition) is 1. The third kappa shape index (κ3) is 6.57. The van der Waals surface area contributed by atoms with Crippen LogP contribution in [0.1, 0.15) is 25.8 Å². The summed E-state index contributed by atoms with van der Waals surface area (Å²) in [5.41, 5.74) is 6.94. The van der Waals surface area contributed by atoms with Crippen molar-refractivity contribution in [1.82, 2.24) is 0 Å². The van der Waals surface area contributed by atoms with E-state index in [1.165, 1.54) is 5.56 Å². The van der Waals surface area contributed by atoms with Crippen molar-refractivity contribution >= 4 is 61.4 Å². The molecule has 0 radical (unpaired) electrons. The van der Waals surface area contributed by atoms with Crippen LogP contribution in [0.3, 0.4) is 0 Å². The van der Waals surface area contributed by atoms with E-state index in [2.05, 4.69) is 69.0 Å². The van der Waals surface area contributed by atoms with Gasteiger partial charge in [0.05, 0.1) is 34.1 Å². The molecule has 1 unspecified atom stereocenters. The lowest BCUT2D eigenvalue weighted by Crippen LogP contribution is -2.13. The van der Waals surface area contributed by atoms with E-state index in [4.69, 9.17) is 5.11 Å². The van der Waals surface area contributed by atoms with E-state index in [9.17, 15) is 0 Å². The van der Waals surface area contributed by atoms with Crippen LogP contribution in [0.2, 0.25) is 0 Å². The van der Waals surface area contributed by atoms with Crippen molar-refractivity contribution in [3.05, 3.63) is 127 Å². The third-order valence-corrected chi connectivity index (χ3v) is 7.50. The molecule has 1 atom stereocenters. The maximum absolute atomic E-state index is 4.69. The van der Waals surface area contributed by atoms with Gasteiger partial charge in [0.2, 0.25) is 0 Å². The lowest BCUT2D eigenvalue weighted by molar-refractivity contribution is 0.765. The van der Waals surface area contributed by atoms with Crippen molar-refractivity contribution in [3.8, 4) is 0 Å². The molecule has 44 heavy (non-hydrogen) atoms. The first kappa shape index (κ1) is 28.6. The van der Waals surface area contributed by atoms with Gasteiger partial charge in [-0.1, -0.05) is 73.2 Å². The fraction of sp³-hybridized carbons (Fsp3) is 0.135. The summed E-state index contributed by atoms with van der Waals surface area (Å²) in [7, 11) is 0.